The molecule has 1 heterocycles. The van der Waals surface area contributed by atoms with E-state index in [0.29, 0.717) is 0 Å². The number of hydrogen-bond acceptors (Lipinski definition) is 3. The summed E-state index contributed by atoms with van der Waals surface area (Å²) in [7, 11) is 0. The van der Waals surface area contributed by atoms with E-state index in [1.165, 1.54) is 18.3 Å². The Morgan fingerprint density at radius 2 is 1.82 bits per heavy atom. The number of nitrogens with zero attached hydrogens (tertiary/aromatic N) is 3. The Morgan fingerprint density at radius 1 is 1.14 bits per heavy atom. The topological polar surface area (TPSA) is 59.3 Å². The number of fused-ring (bicyclic) bond motifs is 1. The molecule has 0 saturated carbocycles. The summed E-state index contributed by atoms with van der Waals surface area (Å²) in [5, 5.41) is 3.81. The molecule has 0 fully saturated rings. The monoisotopic (exact) mass is 386 g/mol. The third kappa shape index (κ3) is 4.64. The molecule has 2 aromatic carbocycles. The van der Waals surface area contributed by atoms with E-state index in [0.717, 1.165) is 15.7 Å². The van der Waals surface area contributed by atoms with Gasteiger partial charge in [0.25, 0.3) is 5.91 Å². The summed E-state index contributed by atoms with van der Waals surface area (Å²) in [6, 6.07) is 15.7. The summed E-state index contributed by atoms with van der Waals surface area (Å²) in [5.41, 5.74) is 4.40. The molecule has 0 radical (unpaired) electrons. The first-order valence-electron chi connectivity index (χ1n) is 8.42. The smallest absolute Gasteiger partial charge is 0.311 e. The van der Waals surface area contributed by atoms with Crippen LogP contribution in [0.1, 0.15) is 18.3 Å². The standard InChI is InChI=1S/C20H17F3N4O/c1-14(11-15-7-3-2-4-8-15)12-24-26-18(28)13-27-17-10-6-5-9-16(17)25-19(27)20(21,22)23/h2-12H,13H2,1H3,(H,26,28)/b14-11+,24-12+. The summed E-state index contributed by atoms with van der Waals surface area (Å²) in [5.74, 6) is -1.80. The number of imidazole rings is 1. The van der Waals surface area contributed by atoms with E-state index in [4.69, 9.17) is 0 Å². The molecule has 1 amide bonds. The quantitative estimate of drug-likeness (QED) is 0.526. The summed E-state index contributed by atoms with van der Waals surface area (Å²) in [4.78, 5) is 15.7. The van der Waals surface area contributed by atoms with Crippen LogP contribution in [0.4, 0.5) is 13.2 Å². The highest BCUT2D eigenvalue weighted by molar-refractivity contribution is 5.86. The van der Waals surface area contributed by atoms with Gasteiger partial charge in [0.15, 0.2) is 0 Å². The maximum Gasteiger partial charge on any atom is 0.449 e. The van der Waals surface area contributed by atoms with Crippen LogP contribution in [0.2, 0.25) is 0 Å². The first-order chi connectivity index (χ1) is 13.3. The predicted octanol–water partition coefficient (Wildman–Crippen LogP) is 4.26. The zero-order valence-electron chi connectivity index (χ0n) is 14.9. The minimum Gasteiger partial charge on any atom is -0.311 e. The van der Waals surface area contributed by atoms with Crippen molar-refractivity contribution in [3.05, 3.63) is 71.6 Å². The van der Waals surface area contributed by atoms with Crippen LogP contribution in [-0.2, 0) is 17.5 Å². The molecule has 144 valence electrons. The van der Waals surface area contributed by atoms with Gasteiger partial charge in [-0.3, -0.25) is 4.79 Å². The number of carbonyl (C=O) groups is 1. The number of rotatable bonds is 5. The molecular formula is C20H17F3N4O. The van der Waals surface area contributed by atoms with Gasteiger partial charge in [-0.25, -0.2) is 10.4 Å². The third-order valence-corrected chi connectivity index (χ3v) is 3.86. The van der Waals surface area contributed by atoms with Gasteiger partial charge in [-0.2, -0.15) is 18.3 Å². The molecule has 1 N–H and O–H groups in total. The minimum absolute atomic E-state index is 0.174. The normalized spacial score (nSPS) is 12.6. The average molecular weight is 386 g/mol. The molecule has 0 unspecified atom stereocenters. The van der Waals surface area contributed by atoms with Gasteiger partial charge in [-0.05, 0) is 30.2 Å². The zero-order valence-corrected chi connectivity index (χ0v) is 14.9. The lowest BCUT2D eigenvalue weighted by atomic mass is 10.1. The van der Waals surface area contributed by atoms with Gasteiger partial charge in [0, 0.05) is 0 Å². The number of hydrazone groups is 1. The number of allylic oxidation sites excluding steroid dienone is 1. The van der Waals surface area contributed by atoms with Crippen molar-refractivity contribution in [2.75, 3.05) is 0 Å². The Hall–Kier alpha value is -3.42. The van der Waals surface area contributed by atoms with Gasteiger partial charge in [0.1, 0.15) is 6.54 Å². The lowest BCUT2D eigenvalue weighted by molar-refractivity contribution is -0.147. The van der Waals surface area contributed by atoms with E-state index in [-0.39, 0.29) is 11.0 Å². The van der Waals surface area contributed by atoms with Crippen molar-refractivity contribution in [2.24, 2.45) is 5.10 Å². The largest absolute Gasteiger partial charge is 0.449 e. The molecule has 3 aromatic rings. The summed E-state index contributed by atoms with van der Waals surface area (Å²) < 4.78 is 40.6. The Kier molecular flexibility index (Phi) is 5.58. The van der Waals surface area contributed by atoms with E-state index in [1.807, 2.05) is 36.4 Å². The number of halogens is 3. The molecule has 0 atom stereocenters. The lowest BCUT2D eigenvalue weighted by Crippen LogP contribution is -2.26. The molecule has 0 aliphatic rings. The molecule has 0 aliphatic carbocycles. The number of alkyl halides is 3. The van der Waals surface area contributed by atoms with Crippen molar-refractivity contribution < 1.29 is 18.0 Å². The van der Waals surface area contributed by atoms with Crippen LogP contribution in [0.25, 0.3) is 17.1 Å². The molecule has 0 bridgehead atoms. The van der Waals surface area contributed by atoms with Crippen LogP contribution in [0.5, 0.6) is 0 Å². The summed E-state index contributed by atoms with van der Waals surface area (Å²) in [6.07, 6.45) is -1.38. The van der Waals surface area contributed by atoms with Crippen LogP contribution >= 0.6 is 0 Å². The van der Waals surface area contributed by atoms with Crippen LogP contribution in [-0.4, -0.2) is 21.7 Å². The van der Waals surface area contributed by atoms with E-state index < -0.39 is 24.5 Å². The van der Waals surface area contributed by atoms with E-state index >= 15 is 0 Å². The molecule has 0 aliphatic heterocycles. The fourth-order valence-electron chi connectivity index (χ4n) is 2.69. The molecule has 0 saturated heterocycles. The zero-order chi connectivity index (χ0) is 20.1. The Labute approximate surface area is 159 Å². The highest BCUT2D eigenvalue weighted by Gasteiger charge is 2.37. The number of carbonyl (C=O) groups excluding carboxylic acids is 1. The number of aromatic nitrogens is 2. The van der Waals surface area contributed by atoms with Gasteiger partial charge in [-0.15, -0.1) is 0 Å². The molecule has 5 nitrogen and oxygen atoms in total. The number of nitrogens with one attached hydrogen (secondary N) is 1. The first-order valence-corrected chi connectivity index (χ1v) is 8.42. The second kappa shape index (κ2) is 8.08. The van der Waals surface area contributed by atoms with E-state index in [2.05, 4.69) is 15.5 Å². The molecule has 8 heteroatoms. The maximum absolute atomic E-state index is 13.2. The van der Waals surface area contributed by atoms with Crippen molar-refractivity contribution >= 4 is 29.2 Å². The Morgan fingerprint density at radius 3 is 2.54 bits per heavy atom. The fraction of sp³-hybridized carbons (Fsp3) is 0.150. The van der Waals surface area contributed by atoms with Gasteiger partial charge in [0.2, 0.25) is 5.82 Å². The van der Waals surface area contributed by atoms with Gasteiger partial charge in [-0.1, -0.05) is 48.5 Å². The van der Waals surface area contributed by atoms with Gasteiger partial charge < -0.3 is 4.57 Å². The van der Waals surface area contributed by atoms with E-state index in [1.54, 1.807) is 19.1 Å². The lowest BCUT2D eigenvalue weighted by Gasteiger charge is -2.10. The predicted molar refractivity (Wildman–Crippen MR) is 101 cm³/mol. The number of benzene rings is 2. The Bertz CT molecular complexity index is 1040. The number of amides is 1. The van der Waals surface area contributed by atoms with Gasteiger partial charge in [0.05, 0.1) is 17.2 Å². The van der Waals surface area contributed by atoms with Crippen LogP contribution in [0, 0.1) is 0 Å². The van der Waals surface area contributed by atoms with Gasteiger partial charge >= 0.3 is 6.18 Å². The number of hydrogen-bond donors (Lipinski definition) is 1. The van der Waals surface area contributed by atoms with Crippen molar-refractivity contribution in [2.45, 2.75) is 19.6 Å². The molecule has 28 heavy (non-hydrogen) atoms. The SMILES string of the molecule is CC(/C=N/NC(=O)Cn1c(C(F)(F)F)nc2ccccc21)=C\c1ccccc1. The van der Waals surface area contributed by atoms with Crippen LogP contribution in [0.15, 0.2) is 65.3 Å². The molecule has 3 rings (SSSR count). The molecule has 0 spiro atoms. The van der Waals surface area contributed by atoms with Crippen molar-refractivity contribution in [3.8, 4) is 0 Å². The van der Waals surface area contributed by atoms with E-state index in [9.17, 15) is 18.0 Å². The highest BCUT2D eigenvalue weighted by Crippen LogP contribution is 2.31. The second-order valence-electron chi connectivity index (χ2n) is 6.10. The van der Waals surface area contributed by atoms with Crippen LogP contribution in [0.3, 0.4) is 0 Å². The second-order valence-corrected chi connectivity index (χ2v) is 6.10. The summed E-state index contributed by atoms with van der Waals surface area (Å²) in [6.45, 7) is 1.25. The van der Waals surface area contributed by atoms with Crippen molar-refractivity contribution in [1.29, 1.82) is 0 Å². The minimum atomic E-state index is -4.67. The fourth-order valence-corrected chi connectivity index (χ4v) is 2.69. The molecule has 1 aromatic heterocycles. The summed E-state index contributed by atoms with van der Waals surface area (Å²) >= 11 is 0. The first kappa shape index (κ1) is 19.3. The van der Waals surface area contributed by atoms with Crippen molar-refractivity contribution in [3.63, 3.8) is 0 Å². The molecular weight excluding hydrogens is 369 g/mol. The number of para-hydroxylation sites is 2. The average Bonchev–Trinajstić information content (AvgIpc) is 3.01. The van der Waals surface area contributed by atoms with Crippen LogP contribution < -0.4 is 5.43 Å². The van der Waals surface area contributed by atoms with Crippen molar-refractivity contribution in [1.82, 2.24) is 15.0 Å². The third-order valence-electron chi connectivity index (χ3n) is 3.86. The Balaban J connectivity index is 1.72. The maximum atomic E-state index is 13.2. The highest BCUT2D eigenvalue weighted by atomic mass is 19.4.